The number of halogens is 3. The number of nitriles is 1. The molecule has 2 aromatic carbocycles. The van der Waals surface area contributed by atoms with Gasteiger partial charge in [0, 0.05) is 22.8 Å². The number of aromatic nitrogens is 3. The number of carbonyl (C=O) groups is 2. The van der Waals surface area contributed by atoms with Gasteiger partial charge in [0.05, 0.1) is 34.6 Å². The maximum absolute atomic E-state index is 14.0. The molecule has 32 heavy (non-hydrogen) atoms. The summed E-state index contributed by atoms with van der Waals surface area (Å²) in [7, 11) is 0. The molecule has 7 nitrogen and oxygen atoms in total. The molecule has 158 valence electrons. The van der Waals surface area contributed by atoms with Crippen molar-refractivity contribution in [2.75, 3.05) is 5.32 Å². The molecule has 0 saturated carbocycles. The van der Waals surface area contributed by atoms with Gasteiger partial charge in [0.15, 0.2) is 12.0 Å². The highest BCUT2D eigenvalue weighted by atomic mass is 19.4. The molecule has 0 aliphatic rings. The number of hydrogen-bond donors (Lipinski definition) is 1. The van der Waals surface area contributed by atoms with Gasteiger partial charge in [-0.2, -0.15) is 23.5 Å². The second-order valence-corrected chi connectivity index (χ2v) is 6.65. The average Bonchev–Trinajstić information content (AvgIpc) is 3.24. The van der Waals surface area contributed by atoms with E-state index in [1.165, 1.54) is 30.5 Å². The molecule has 4 rings (SSSR count). The lowest BCUT2D eigenvalue weighted by atomic mass is 10.1. The number of carbonyl (C=O) groups excluding carboxylic acids is 2. The number of anilines is 1. The molecule has 4 aromatic rings. The van der Waals surface area contributed by atoms with Gasteiger partial charge in [0.2, 0.25) is 0 Å². The lowest BCUT2D eigenvalue weighted by molar-refractivity contribution is -0.143. The molecule has 0 unspecified atom stereocenters. The van der Waals surface area contributed by atoms with Crippen molar-refractivity contribution in [3.05, 3.63) is 83.3 Å². The first-order valence-electron chi connectivity index (χ1n) is 9.13. The summed E-state index contributed by atoms with van der Waals surface area (Å²) in [5.41, 5.74) is -1.23. The molecule has 0 atom stereocenters. The third kappa shape index (κ3) is 3.67. The number of hydrogen-bond acceptors (Lipinski definition) is 5. The molecule has 1 N–H and O–H groups in total. The van der Waals surface area contributed by atoms with Crippen LogP contribution in [0.1, 0.15) is 32.0 Å². The summed E-state index contributed by atoms with van der Waals surface area (Å²) in [5, 5.41) is 15.7. The summed E-state index contributed by atoms with van der Waals surface area (Å²) in [5.74, 6) is -1.07. The Balaban J connectivity index is 1.79. The predicted molar refractivity (Wildman–Crippen MR) is 108 cm³/mol. The van der Waals surface area contributed by atoms with Gasteiger partial charge in [-0.3, -0.25) is 14.6 Å². The molecule has 0 aliphatic heterocycles. The summed E-state index contributed by atoms with van der Waals surface area (Å²) < 4.78 is 42.7. The zero-order valence-electron chi connectivity index (χ0n) is 16.1. The van der Waals surface area contributed by atoms with E-state index < -0.39 is 23.3 Å². The smallest absolute Gasteiger partial charge is 0.322 e. The summed E-state index contributed by atoms with van der Waals surface area (Å²) in [6.07, 6.45) is -2.08. The molecule has 0 bridgehead atoms. The summed E-state index contributed by atoms with van der Waals surface area (Å²) in [6, 6.07) is 13.4. The van der Waals surface area contributed by atoms with Crippen LogP contribution in [0.15, 0.2) is 60.9 Å². The fourth-order valence-corrected chi connectivity index (χ4v) is 3.27. The number of alkyl halides is 3. The highest BCUT2D eigenvalue weighted by Gasteiger charge is 2.40. The number of nitrogens with zero attached hydrogens (tertiary/aromatic N) is 4. The highest BCUT2D eigenvalue weighted by molar-refractivity contribution is 6.05. The van der Waals surface area contributed by atoms with Crippen LogP contribution in [0, 0.1) is 11.3 Å². The standard InChI is InChI=1S/C22H12F3N5O2/c23-22(24,25)20-17(21(32)29-15-7-6-13(12-31)14(9-15)10-26)11-28-30(20)19-5-1-4-18-16(19)3-2-8-27-18/h1-9,11-12H,(H,29,32). The molecular formula is C22H12F3N5O2. The van der Waals surface area contributed by atoms with Gasteiger partial charge in [-0.25, -0.2) is 4.68 Å². The van der Waals surface area contributed by atoms with Gasteiger partial charge in [-0.05, 0) is 42.5 Å². The molecule has 0 fully saturated rings. The Hall–Kier alpha value is -4.52. The first kappa shape index (κ1) is 20.7. The first-order valence-corrected chi connectivity index (χ1v) is 9.13. The van der Waals surface area contributed by atoms with Crippen molar-refractivity contribution >= 4 is 28.8 Å². The van der Waals surface area contributed by atoms with Crippen molar-refractivity contribution < 1.29 is 22.8 Å². The van der Waals surface area contributed by atoms with E-state index >= 15 is 0 Å². The minimum atomic E-state index is -4.90. The second kappa shape index (κ2) is 7.96. The number of fused-ring (bicyclic) bond motifs is 1. The molecule has 0 radical (unpaired) electrons. The Morgan fingerprint density at radius 3 is 2.69 bits per heavy atom. The molecule has 2 heterocycles. The van der Waals surface area contributed by atoms with E-state index in [2.05, 4.69) is 15.4 Å². The highest BCUT2D eigenvalue weighted by Crippen LogP contribution is 2.35. The van der Waals surface area contributed by atoms with Crippen molar-refractivity contribution in [1.29, 1.82) is 5.26 Å². The summed E-state index contributed by atoms with van der Waals surface area (Å²) in [4.78, 5) is 27.8. The van der Waals surface area contributed by atoms with Crippen LogP contribution >= 0.6 is 0 Å². The van der Waals surface area contributed by atoms with Gasteiger partial charge >= 0.3 is 6.18 Å². The van der Waals surface area contributed by atoms with E-state index in [0.29, 0.717) is 21.9 Å². The van der Waals surface area contributed by atoms with Crippen LogP contribution in [0.5, 0.6) is 0 Å². The Bertz CT molecular complexity index is 1400. The molecule has 0 aliphatic carbocycles. The van der Waals surface area contributed by atoms with Crippen LogP contribution in [-0.2, 0) is 6.18 Å². The maximum atomic E-state index is 14.0. The van der Waals surface area contributed by atoms with Crippen LogP contribution in [-0.4, -0.2) is 27.0 Å². The van der Waals surface area contributed by atoms with Crippen molar-refractivity contribution in [3.8, 4) is 11.8 Å². The summed E-state index contributed by atoms with van der Waals surface area (Å²) >= 11 is 0. The van der Waals surface area contributed by atoms with E-state index in [0.717, 1.165) is 6.20 Å². The van der Waals surface area contributed by atoms with Gasteiger partial charge in [0.1, 0.15) is 0 Å². The first-order chi connectivity index (χ1) is 15.3. The van der Waals surface area contributed by atoms with Crippen LogP contribution < -0.4 is 5.32 Å². The SMILES string of the molecule is N#Cc1cc(NC(=O)c2cnn(-c3cccc4ncccc34)c2C(F)(F)F)ccc1C=O. The third-order valence-electron chi connectivity index (χ3n) is 4.69. The molecule has 1 amide bonds. The number of amides is 1. The molecule has 2 aromatic heterocycles. The Labute approximate surface area is 178 Å². The zero-order chi connectivity index (χ0) is 22.9. The number of pyridine rings is 1. The van der Waals surface area contributed by atoms with E-state index in [1.54, 1.807) is 30.3 Å². The topological polar surface area (TPSA) is 101 Å². The van der Waals surface area contributed by atoms with Crippen LogP contribution in [0.2, 0.25) is 0 Å². The normalized spacial score (nSPS) is 11.2. The Morgan fingerprint density at radius 1 is 1.16 bits per heavy atom. The van der Waals surface area contributed by atoms with E-state index in [4.69, 9.17) is 5.26 Å². The number of nitrogens with one attached hydrogen (secondary N) is 1. The van der Waals surface area contributed by atoms with Gasteiger partial charge in [-0.15, -0.1) is 0 Å². The maximum Gasteiger partial charge on any atom is 0.434 e. The number of benzene rings is 2. The van der Waals surface area contributed by atoms with E-state index in [-0.39, 0.29) is 22.5 Å². The molecule has 0 saturated heterocycles. The van der Waals surface area contributed by atoms with Crippen LogP contribution in [0.3, 0.4) is 0 Å². The predicted octanol–water partition coefficient (Wildman–Crippen LogP) is 4.38. The monoisotopic (exact) mass is 435 g/mol. The Kier molecular flexibility index (Phi) is 5.16. The van der Waals surface area contributed by atoms with Gasteiger partial charge in [0.25, 0.3) is 5.91 Å². The zero-order valence-corrected chi connectivity index (χ0v) is 16.1. The quantitative estimate of drug-likeness (QED) is 0.480. The van der Waals surface area contributed by atoms with Crippen molar-refractivity contribution in [3.63, 3.8) is 0 Å². The number of aldehydes is 1. The van der Waals surface area contributed by atoms with Crippen molar-refractivity contribution in [2.24, 2.45) is 0 Å². The van der Waals surface area contributed by atoms with Crippen molar-refractivity contribution in [2.45, 2.75) is 6.18 Å². The number of rotatable bonds is 4. The largest absolute Gasteiger partial charge is 0.434 e. The fourth-order valence-electron chi connectivity index (χ4n) is 3.27. The van der Waals surface area contributed by atoms with E-state index in [9.17, 15) is 22.8 Å². The third-order valence-corrected chi connectivity index (χ3v) is 4.69. The van der Waals surface area contributed by atoms with Gasteiger partial charge in [-0.1, -0.05) is 6.07 Å². The molecule has 0 spiro atoms. The fraction of sp³-hybridized carbons (Fsp3) is 0.0455. The Morgan fingerprint density at radius 2 is 1.97 bits per heavy atom. The van der Waals surface area contributed by atoms with Gasteiger partial charge < -0.3 is 5.32 Å². The molecular weight excluding hydrogens is 423 g/mol. The molecule has 10 heteroatoms. The van der Waals surface area contributed by atoms with E-state index in [1.807, 2.05) is 0 Å². The minimum absolute atomic E-state index is 0.0206. The lowest BCUT2D eigenvalue weighted by Gasteiger charge is -2.14. The minimum Gasteiger partial charge on any atom is -0.322 e. The van der Waals surface area contributed by atoms with Crippen LogP contribution in [0.25, 0.3) is 16.6 Å². The average molecular weight is 435 g/mol. The summed E-state index contributed by atoms with van der Waals surface area (Å²) in [6.45, 7) is 0. The van der Waals surface area contributed by atoms with Crippen LogP contribution in [0.4, 0.5) is 18.9 Å². The second-order valence-electron chi connectivity index (χ2n) is 6.65. The van der Waals surface area contributed by atoms with Crippen molar-refractivity contribution in [1.82, 2.24) is 14.8 Å². The lowest BCUT2D eigenvalue weighted by Crippen LogP contribution is -2.21.